The van der Waals surface area contributed by atoms with Gasteiger partial charge in [-0.3, -0.25) is 0 Å². The molecule has 0 saturated heterocycles. The molecule has 0 aliphatic carbocycles. The summed E-state index contributed by atoms with van der Waals surface area (Å²) >= 11 is 0. The predicted molar refractivity (Wildman–Crippen MR) is 239 cm³/mol. The lowest BCUT2D eigenvalue weighted by atomic mass is 9.81. The van der Waals surface area contributed by atoms with Crippen molar-refractivity contribution in [2.75, 3.05) is 7.05 Å². The average molecular weight is 741 g/mol. The first-order valence-corrected chi connectivity index (χ1v) is 24.4. The van der Waals surface area contributed by atoms with Gasteiger partial charge in [0.15, 0.2) is 0 Å². The summed E-state index contributed by atoms with van der Waals surface area (Å²) in [7, 11) is 2.30. The zero-order valence-corrected chi connectivity index (χ0v) is 37.3. The molecular weight excluding hydrogens is 638 g/mol. The number of hydrogen-bond acceptors (Lipinski definition) is 1. The van der Waals surface area contributed by atoms with Gasteiger partial charge < -0.3 is 5.32 Å². The second-order valence-corrected chi connectivity index (χ2v) is 17.2. The van der Waals surface area contributed by atoms with Gasteiger partial charge in [0, 0.05) is 5.54 Å². The Morgan fingerprint density at radius 1 is 0.235 bits per heavy atom. The van der Waals surface area contributed by atoms with Gasteiger partial charge >= 0.3 is 0 Å². The van der Waals surface area contributed by atoms with Crippen LogP contribution in [0.4, 0.5) is 0 Å². The van der Waals surface area contributed by atoms with E-state index in [2.05, 4.69) is 33.1 Å². The maximum Gasteiger partial charge on any atom is 0.0178 e. The summed E-state index contributed by atoms with van der Waals surface area (Å²) in [4.78, 5) is 0. The largest absolute Gasteiger partial charge is 0.314 e. The number of unbranched alkanes of at least 4 members (excludes halogenated alkanes) is 38. The molecule has 310 valence electrons. The highest BCUT2D eigenvalue weighted by Crippen LogP contribution is 2.29. The molecule has 2 heteroatoms. The van der Waals surface area contributed by atoms with Crippen molar-refractivity contribution in [3.05, 3.63) is 0 Å². The van der Waals surface area contributed by atoms with E-state index in [0.29, 0.717) is 5.54 Å². The Labute approximate surface area is 332 Å². The highest BCUT2D eigenvalue weighted by atomic mass is 35.5. The second-order valence-electron chi connectivity index (χ2n) is 17.2. The van der Waals surface area contributed by atoms with Crippen molar-refractivity contribution in [3.63, 3.8) is 0 Å². The first-order chi connectivity index (χ1) is 24.7. The predicted octanol–water partition coefficient (Wildman–Crippen LogP) is 18.6. The molecule has 0 saturated carbocycles. The van der Waals surface area contributed by atoms with Gasteiger partial charge in [-0.2, -0.15) is 0 Å². The molecule has 0 rings (SSSR count). The Balaban J connectivity index is 0. The van der Waals surface area contributed by atoms with Gasteiger partial charge in [-0.05, 0) is 26.3 Å². The lowest BCUT2D eigenvalue weighted by molar-refractivity contribution is 0.252. The van der Waals surface area contributed by atoms with Crippen LogP contribution in [-0.2, 0) is 0 Å². The summed E-state index contributed by atoms with van der Waals surface area (Å²) in [5.74, 6) is 0. The maximum atomic E-state index is 3.95. The summed E-state index contributed by atoms with van der Waals surface area (Å²) in [5.41, 5.74) is 0.409. The van der Waals surface area contributed by atoms with Crippen LogP contribution >= 0.6 is 12.4 Å². The molecule has 1 N–H and O–H groups in total. The van der Waals surface area contributed by atoms with Crippen molar-refractivity contribution in [2.24, 2.45) is 0 Å². The highest BCUT2D eigenvalue weighted by Gasteiger charge is 2.26. The molecule has 0 atom stereocenters. The molecule has 0 aliphatic heterocycles. The van der Waals surface area contributed by atoms with Crippen LogP contribution in [0.25, 0.3) is 0 Å². The molecule has 0 aromatic rings. The minimum absolute atomic E-state index is 0. The molecule has 0 aromatic carbocycles. The van der Waals surface area contributed by atoms with E-state index in [1.165, 1.54) is 283 Å². The number of halogens is 1. The molecular formula is C49H102ClN. The Morgan fingerprint density at radius 2 is 0.373 bits per heavy atom. The van der Waals surface area contributed by atoms with Crippen LogP contribution in [-0.4, -0.2) is 12.6 Å². The number of rotatable bonds is 45. The molecule has 0 fully saturated rings. The first-order valence-electron chi connectivity index (χ1n) is 24.4. The fourth-order valence-electron chi connectivity index (χ4n) is 8.55. The lowest BCUT2D eigenvalue weighted by Gasteiger charge is -2.34. The molecule has 0 unspecified atom stereocenters. The van der Waals surface area contributed by atoms with Gasteiger partial charge in [-0.15, -0.1) is 12.4 Å². The standard InChI is InChI=1S/C49H101N.ClH/c1-5-8-11-14-17-20-23-26-29-32-35-38-41-44-47-49(50-4,46-43-40-37-34-31-28-25-22-19-16-13-10-7-3)48-45-42-39-36-33-30-27-24-21-18-15-12-9-6-2;/h50H,5-48H2,1-4H3;1H. The fourth-order valence-corrected chi connectivity index (χ4v) is 8.55. The molecule has 1 nitrogen and oxygen atoms in total. The molecule has 0 heterocycles. The number of hydrogen-bond donors (Lipinski definition) is 1. The summed E-state index contributed by atoms with van der Waals surface area (Å²) in [6.07, 6.45) is 64.1. The minimum atomic E-state index is 0. The molecule has 0 aliphatic rings. The third kappa shape index (κ3) is 41.3. The van der Waals surface area contributed by atoms with Crippen molar-refractivity contribution in [3.8, 4) is 0 Å². The van der Waals surface area contributed by atoms with Crippen LogP contribution in [0.5, 0.6) is 0 Å². The summed E-state index contributed by atoms with van der Waals surface area (Å²) in [6.45, 7) is 6.96. The van der Waals surface area contributed by atoms with Crippen molar-refractivity contribution < 1.29 is 0 Å². The Bertz CT molecular complexity index is 559. The van der Waals surface area contributed by atoms with E-state index in [4.69, 9.17) is 0 Å². The van der Waals surface area contributed by atoms with E-state index < -0.39 is 0 Å². The van der Waals surface area contributed by atoms with Gasteiger partial charge in [-0.25, -0.2) is 0 Å². The summed E-state index contributed by atoms with van der Waals surface area (Å²) < 4.78 is 0. The van der Waals surface area contributed by atoms with Crippen LogP contribution in [0.15, 0.2) is 0 Å². The van der Waals surface area contributed by atoms with E-state index in [9.17, 15) is 0 Å². The van der Waals surface area contributed by atoms with Crippen molar-refractivity contribution in [1.82, 2.24) is 5.32 Å². The van der Waals surface area contributed by atoms with Gasteiger partial charge in [0.25, 0.3) is 0 Å². The SMILES string of the molecule is CCCCCCCCCCCCCCCCC(CCCCCCCCCCCCCCC)(CCCCCCCCCCCCCCCC)NC.Cl. The molecule has 0 bridgehead atoms. The van der Waals surface area contributed by atoms with Crippen LogP contribution in [0, 0.1) is 0 Å². The first kappa shape index (κ1) is 53.4. The molecule has 0 aromatic heterocycles. The zero-order chi connectivity index (χ0) is 36.3. The normalized spacial score (nSPS) is 11.8. The molecule has 51 heavy (non-hydrogen) atoms. The quantitative estimate of drug-likeness (QED) is 0.0613. The monoisotopic (exact) mass is 740 g/mol. The van der Waals surface area contributed by atoms with E-state index in [0.717, 1.165) is 0 Å². The third-order valence-corrected chi connectivity index (χ3v) is 12.3. The molecule has 0 amide bonds. The average Bonchev–Trinajstić information content (AvgIpc) is 3.13. The second kappa shape index (κ2) is 46.4. The van der Waals surface area contributed by atoms with Gasteiger partial charge in [0.2, 0.25) is 0 Å². The van der Waals surface area contributed by atoms with Crippen molar-refractivity contribution in [2.45, 2.75) is 309 Å². The third-order valence-electron chi connectivity index (χ3n) is 12.3. The fraction of sp³-hybridized carbons (Fsp3) is 1.00. The van der Waals surface area contributed by atoms with E-state index >= 15 is 0 Å². The zero-order valence-electron chi connectivity index (χ0n) is 36.5. The Kier molecular flexibility index (Phi) is 48.5. The Morgan fingerprint density at radius 3 is 0.510 bits per heavy atom. The van der Waals surface area contributed by atoms with Crippen molar-refractivity contribution >= 4 is 12.4 Å². The lowest BCUT2D eigenvalue weighted by Crippen LogP contribution is -2.43. The van der Waals surface area contributed by atoms with Gasteiger partial charge in [0.1, 0.15) is 0 Å². The van der Waals surface area contributed by atoms with Crippen LogP contribution in [0.1, 0.15) is 303 Å². The smallest absolute Gasteiger partial charge is 0.0178 e. The van der Waals surface area contributed by atoms with E-state index in [1.54, 1.807) is 0 Å². The molecule has 0 radical (unpaired) electrons. The minimum Gasteiger partial charge on any atom is -0.314 e. The van der Waals surface area contributed by atoms with Crippen LogP contribution < -0.4 is 5.32 Å². The van der Waals surface area contributed by atoms with Crippen LogP contribution in [0.3, 0.4) is 0 Å². The van der Waals surface area contributed by atoms with E-state index in [-0.39, 0.29) is 12.4 Å². The Hall–Kier alpha value is 0.250. The summed E-state index contributed by atoms with van der Waals surface area (Å²) in [5, 5.41) is 3.95. The summed E-state index contributed by atoms with van der Waals surface area (Å²) in [6, 6.07) is 0. The van der Waals surface area contributed by atoms with Crippen molar-refractivity contribution in [1.29, 1.82) is 0 Å². The number of nitrogens with one attached hydrogen (secondary N) is 1. The molecule has 0 spiro atoms. The van der Waals surface area contributed by atoms with Gasteiger partial charge in [0.05, 0.1) is 0 Å². The van der Waals surface area contributed by atoms with Gasteiger partial charge in [-0.1, -0.05) is 284 Å². The van der Waals surface area contributed by atoms with Crippen LogP contribution in [0.2, 0.25) is 0 Å². The highest BCUT2D eigenvalue weighted by molar-refractivity contribution is 5.85. The maximum absolute atomic E-state index is 3.95. The van der Waals surface area contributed by atoms with E-state index in [1.807, 2.05) is 0 Å². The topological polar surface area (TPSA) is 12.0 Å².